The molecule has 3 heteroatoms. The van der Waals surface area contributed by atoms with E-state index in [1.54, 1.807) is 0 Å². The number of hydrogen-bond donors (Lipinski definition) is 0. The first-order valence-corrected chi connectivity index (χ1v) is 9.45. The second-order valence-electron chi connectivity index (χ2n) is 5.06. The Morgan fingerprint density at radius 3 is 2.33 bits per heavy atom. The van der Waals surface area contributed by atoms with Crippen molar-refractivity contribution in [3.8, 4) is 6.07 Å². The molecule has 0 rings (SSSR count). The van der Waals surface area contributed by atoms with E-state index in [1.165, 1.54) is 25.7 Å². The summed E-state index contributed by atoms with van der Waals surface area (Å²) < 4.78 is 5.97. The molecule has 1 atom stereocenters. The summed E-state index contributed by atoms with van der Waals surface area (Å²) in [6, 6.07) is 2.23. The molecule has 0 aliphatic carbocycles. The minimum absolute atomic E-state index is 0.179. The van der Waals surface area contributed by atoms with Crippen LogP contribution in [-0.4, -0.2) is 14.4 Å². The van der Waals surface area contributed by atoms with Crippen molar-refractivity contribution in [3.63, 3.8) is 0 Å². The van der Waals surface area contributed by atoms with Gasteiger partial charge in [0.1, 0.15) is 0 Å². The molecule has 0 bridgehead atoms. The summed E-state index contributed by atoms with van der Waals surface area (Å²) in [4.78, 5) is 0. The number of nitrogens with zero attached hydrogens (tertiary/aromatic N) is 1. The van der Waals surface area contributed by atoms with E-state index in [0.29, 0.717) is 6.42 Å². The predicted molar refractivity (Wildman–Crippen MR) is 67.2 cm³/mol. The van der Waals surface area contributed by atoms with Gasteiger partial charge in [-0.25, -0.2) is 0 Å². The van der Waals surface area contributed by atoms with Crippen molar-refractivity contribution in [2.45, 2.75) is 71.2 Å². The van der Waals surface area contributed by atoms with Crippen LogP contribution in [0.2, 0.25) is 19.6 Å². The summed E-state index contributed by atoms with van der Waals surface area (Å²) in [5.41, 5.74) is 0. The van der Waals surface area contributed by atoms with Gasteiger partial charge >= 0.3 is 0 Å². The highest BCUT2D eigenvalue weighted by atomic mass is 28.4. The molecular weight excluding hydrogens is 202 g/mol. The average Bonchev–Trinajstić information content (AvgIpc) is 2.10. The van der Waals surface area contributed by atoms with Crippen molar-refractivity contribution < 1.29 is 4.43 Å². The van der Waals surface area contributed by atoms with Gasteiger partial charge in [-0.2, -0.15) is 5.26 Å². The van der Waals surface area contributed by atoms with Gasteiger partial charge in [0.05, 0.1) is 18.6 Å². The molecule has 0 radical (unpaired) electrons. The molecule has 0 N–H and O–H groups in total. The van der Waals surface area contributed by atoms with Crippen molar-refractivity contribution >= 4 is 8.32 Å². The lowest BCUT2D eigenvalue weighted by Crippen LogP contribution is -2.31. The van der Waals surface area contributed by atoms with Crippen LogP contribution in [0.4, 0.5) is 0 Å². The smallest absolute Gasteiger partial charge is 0.184 e. The van der Waals surface area contributed by atoms with Crippen LogP contribution in [0.25, 0.3) is 0 Å². The Labute approximate surface area is 95.8 Å². The second kappa shape index (κ2) is 7.89. The van der Waals surface area contributed by atoms with E-state index in [1.807, 2.05) is 0 Å². The highest BCUT2D eigenvalue weighted by Crippen LogP contribution is 2.16. The van der Waals surface area contributed by atoms with Crippen LogP contribution in [-0.2, 0) is 4.43 Å². The van der Waals surface area contributed by atoms with E-state index >= 15 is 0 Å². The summed E-state index contributed by atoms with van der Waals surface area (Å²) in [5, 5.41) is 8.72. The first-order valence-electron chi connectivity index (χ1n) is 6.04. The molecule has 0 saturated carbocycles. The van der Waals surface area contributed by atoms with Crippen LogP contribution >= 0.6 is 0 Å². The van der Waals surface area contributed by atoms with Crippen LogP contribution in [0.1, 0.15) is 45.4 Å². The monoisotopic (exact) mass is 227 g/mol. The molecule has 0 aromatic rings. The molecule has 88 valence electrons. The number of rotatable bonds is 8. The zero-order valence-corrected chi connectivity index (χ0v) is 11.7. The maximum Gasteiger partial charge on any atom is 0.184 e. The van der Waals surface area contributed by atoms with E-state index < -0.39 is 8.32 Å². The molecule has 0 aromatic carbocycles. The van der Waals surface area contributed by atoms with Crippen molar-refractivity contribution in [1.29, 1.82) is 5.26 Å². The molecule has 0 heterocycles. The summed E-state index contributed by atoms with van der Waals surface area (Å²) in [6.45, 7) is 8.77. The fourth-order valence-corrected chi connectivity index (χ4v) is 2.80. The van der Waals surface area contributed by atoms with E-state index in [9.17, 15) is 0 Å². The lowest BCUT2D eigenvalue weighted by molar-refractivity contribution is 0.184. The quantitative estimate of drug-likeness (QED) is 0.462. The molecule has 0 aliphatic rings. The minimum atomic E-state index is -1.48. The first-order chi connectivity index (χ1) is 6.99. The Hall–Kier alpha value is -0.333. The zero-order valence-electron chi connectivity index (χ0n) is 10.7. The molecule has 15 heavy (non-hydrogen) atoms. The molecule has 0 aromatic heterocycles. The lowest BCUT2D eigenvalue weighted by Gasteiger charge is -2.24. The molecular formula is C12H25NOSi. The highest BCUT2D eigenvalue weighted by molar-refractivity contribution is 6.69. The van der Waals surface area contributed by atoms with Gasteiger partial charge in [0.2, 0.25) is 0 Å². The standard InChI is InChI=1S/C12H25NOSi/c1-5-6-7-8-9-12(10-11-13)14-15(2,3)4/h12H,5-10H2,1-4H3. The molecule has 0 aliphatic heterocycles. The largest absolute Gasteiger partial charge is 0.414 e. The summed E-state index contributed by atoms with van der Waals surface area (Å²) in [5.74, 6) is 0. The van der Waals surface area contributed by atoms with Crippen LogP contribution in [0.3, 0.4) is 0 Å². The number of hydrogen-bond acceptors (Lipinski definition) is 2. The molecule has 0 amide bonds. The summed E-state index contributed by atoms with van der Waals surface area (Å²) in [7, 11) is -1.48. The third-order valence-electron chi connectivity index (χ3n) is 2.22. The fourth-order valence-electron chi connectivity index (χ4n) is 1.60. The molecule has 0 fully saturated rings. The van der Waals surface area contributed by atoms with Gasteiger partial charge in [-0.15, -0.1) is 0 Å². The first kappa shape index (κ1) is 14.7. The zero-order chi connectivity index (χ0) is 11.7. The van der Waals surface area contributed by atoms with Crippen LogP contribution in [0.15, 0.2) is 0 Å². The molecule has 1 unspecified atom stereocenters. The molecule has 0 saturated heterocycles. The van der Waals surface area contributed by atoms with E-state index in [-0.39, 0.29) is 6.10 Å². The summed E-state index contributed by atoms with van der Waals surface area (Å²) in [6.07, 6.45) is 6.81. The fraction of sp³-hybridized carbons (Fsp3) is 0.917. The van der Waals surface area contributed by atoms with Crippen LogP contribution in [0.5, 0.6) is 0 Å². The normalized spacial score (nSPS) is 13.5. The van der Waals surface area contributed by atoms with Gasteiger partial charge < -0.3 is 4.43 Å². The van der Waals surface area contributed by atoms with Crippen LogP contribution in [0, 0.1) is 11.3 Å². The summed E-state index contributed by atoms with van der Waals surface area (Å²) >= 11 is 0. The number of nitriles is 1. The third kappa shape index (κ3) is 9.96. The van der Waals surface area contributed by atoms with Gasteiger partial charge in [0.25, 0.3) is 0 Å². The average molecular weight is 227 g/mol. The second-order valence-corrected chi connectivity index (χ2v) is 9.52. The third-order valence-corrected chi connectivity index (χ3v) is 3.26. The van der Waals surface area contributed by atoms with Crippen LogP contribution < -0.4 is 0 Å². The van der Waals surface area contributed by atoms with E-state index in [0.717, 1.165) is 6.42 Å². The highest BCUT2D eigenvalue weighted by Gasteiger charge is 2.20. The Balaban J connectivity index is 3.79. The molecule has 0 spiro atoms. The maximum absolute atomic E-state index is 8.72. The Morgan fingerprint density at radius 1 is 1.20 bits per heavy atom. The molecule has 2 nitrogen and oxygen atoms in total. The van der Waals surface area contributed by atoms with Gasteiger partial charge in [-0.1, -0.05) is 32.6 Å². The van der Waals surface area contributed by atoms with Gasteiger partial charge in [0, 0.05) is 0 Å². The maximum atomic E-state index is 8.72. The van der Waals surface area contributed by atoms with Gasteiger partial charge in [-0.05, 0) is 26.1 Å². The van der Waals surface area contributed by atoms with Gasteiger partial charge in [0.15, 0.2) is 8.32 Å². The minimum Gasteiger partial charge on any atom is -0.414 e. The Kier molecular flexibility index (Phi) is 7.72. The van der Waals surface area contributed by atoms with Crippen molar-refractivity contribution in [2.24, 2.45) is 0 Å². The van der Waals surface area contributed by atoms with E-state index in [4.69, 9.17) is 9.69 Å². The predicted octanol–water partition coefficient (Wildman–Crippen LogP) is 4.09. The van der Waals surface area contributed by atoms with Crippen molar-refractivity contribution in [1.82, 2.24) is 0 Å². The van der Waals surface area contributed by atoms with Gasteiger partial charge in [-0.3, -0.25) is 0 Å². The topological polar surface area (TPSA) is 33.0 Å². The number of unbranched alkanes of at least 4 members (excludes halogenated alkanes) is 3. The Bertz CT molecular complexity index is 193. The van der Waals surface area contributed by atoms with Crippen molar-refractivity contribution in [2.75, 3.05) is 0 Å². The van der Waals surface area contributed by atoms with Crippen molar-refractivity contribution in [3.05, 3.63) is 0 Å². The Morgan fingerprint density at radius 2 is 1.87 bits per heavy atom. The van der Waals surface area contributed by atoms with E-state index in [2.05, 4.69) is 32.6 Å². The lowest BCUT2D eigenvalue weighted by atomic mass is 10.1. The SMILES string of the molecule is CCCCCCC(CC#N)O[Si](C)(C)C.